The van der Waals surface area contributed by atoms with Crippen molar-refractivity contribution in [1.82, 2.24) is 10.9 Å². The number of hydrogen-bond acceptors (Lipinski definition) is 2. The van der Waals surface area contributed by atoms with E-state index in [4.69, 9.17) is 0 Å². The average molecular weight is 351 g/mol. The van der Waals surface area contributed by atoms with Gasteiger partial charge in [0.1, 0.15) is 0 Å². The smallest absolute Gasteiger partial charge is 0.270 e. The second-order valence-corrected chi connectivity index (χ2v) is 7.42. The van der Waals surface area contributed by atoms with Crippen molar-refractivity contribution >= 4 is 21.8 Å². The number of carbonyl (C=O) groups is 1. The first kappa shape index (κ1) is 16.1. The van der Waals surface area contributed by atoms with Crippen LogP contribution in [0.4, 0.5) is 0 Å². The number of allylic oxidation sites excluding steroid dienone is 2. The van der Waals surface area contributed by atoms with Gasteiger partial charge in [0.15, 0.2) is 0 Å². The van der Waals surface area contributed by atoms with Crippen LogP contribution in [0.3, 0.4) is 0 Å². The zero-order valence-corrected chi connectivity index (χ0v) is 14.5. The van der Waals surface area contributed by atoms with Gasteiger partial charge in [-0.15, -0.1) is 0 Å². The Morgan fingerprint density at radius 1 is 1.29 bits per heavy atom. The van der Waals surface area contributed by atoms with Gasteiger partial charge in [-0.2, -0.15) is 0 Å². The van der Waals surface area contributed by atoms with Gasteiger partial charge >= 0.3 is 0 Å². The number of nitrogens with one attached hydrogen (secondary N) is 2. The predicted molar refractivity (Wildman–Crippen MR) is 89.6 cm³/mol. The first-order valence-corrected chi connectivity index (χ1v) is 8.20. The highest BCUT2D eigenvalue weighted by Crippen LogP contribution is 2.37. The molecule has 1 aliphatic carbocycles. The summed E-state index contributed by atoms with van der Waals surface area (Å²) >= 11 is 3.40. The average Bonchev–Trinajstić information content (AvgIpc) is 2.44. The van der Waals surface area contributed by atoms with Gasteiger partial charge in [-0.1, -0.05) is 39.0 Å². The zero-order valence-electron chi connectivity index (χ0n) is 12.9. The predicted octanol–water partition coefficient (Wildman–Crippen LogP) is 4.41. The SMILES string of the molecule is CC(C)(C)[C@@H]1CCCC=C1NNC(=O)c1ccccc1Br. The summed E-state index contributed by atoms with van der Waals surface area (Å²) in [4.78, 5) is 12.2. The zero-order chi connectivity index (χ0) is 15.5. The van der Waals surface area contributed by atoms with Crippen molar-refractivity contribution in [2.75, 3.05) is 0 Å². The van der Waals surface area contributed by atoms with Crippen LogP contribution in [-0.4, -0.2) is 5.91 Å². The largest absolute Gasteiger partial charge is 0.302 e. The molecule has 3 nitrogen and oxygen atoms in total. The van der Waals surface area contributed by atoms with Crippen molar-refractivity contribution in [1.29, 1.82) is 0 Å². The number of halogens is 1. The molecule has 0 bridgehead atoms. The second kappa shape index (κ2) is 6.65. The van der Waals surface area contributed by atoms with E-state index in [1.54, 1.807) is 6.07 Å². The monoisotopic (exact) mass is 350 g/mol. The summed E-state index contributed by atoms with van der Waals surface area (Å²) in [6.45, 7) is 6.73. The molecule has 1 atom stereocenters. The Hall–Kier alpha value is -1.29. The van der Waals surface area contributed by atoms with Crippen molar-refractivity contribution in [3.05, 3.63) is 46.1 Å². The van der Waals surface area contributed by atoms with E-state index in [1.807, 2.05) is 18.2 Å². The standard InChI is InChI=1S/C17H23BrN2O/c1-17(2,3)13-9-5-7-11-15(13)19-20-16(21)12-8-4-6-10-14(12)18/h4,6,8,10-11,13,19H,5,7,9H2,1-3H3,(H,20,21)/t13-/m1/s1. The lowest BCUT2D eigenvalue weighted by Crippen LogP contribution is -2.42. The molecule has 1 aliphatic rings. The van der Waals surface area contributed by atoms with Gasteiger partial charge in [-0.25, -0.2) is 0 Å². The molecular weight excluding hydrogens is 328 g/mol. The Morgan fingerprint density at radius 2 is 2.00 bits per heavy atom. The summed E-state index contributed by atoms with van der Waals surface area (Å²) in [7, 11) is 0. The van der Waals surface area contributed by atoms with Gasteiger partial charge in [0.25, 0.3) is 5.91 Å². The van der Waals surface area contributed by atoms with E-state index in [1.165, 1.54) is 6.42 Å². The highest BCUT2D eigenvalue weighted by Gasteiger charge is 2.29. The minimum Gasteiger partial charge on any atom is -0.302 e. The minimum absolute atomic E-state index is 0.124. The molecule has 0 aliphatic heterocycles. The summed E-state index contributed by atoms with van der Waals surface area (Å²) in [5.74, 6) is 0.326. The molecule has 114 valence electrons. The van der Waals surface area contributed by atoms with Gasteiger partial charge in [-0.3, -0.25) is 10.2 Å². The molecule has 1 aromatic carbocycles. The van der Waals surface area contributed by atoms with Crippen molar-refractivity contribution in [3.8, 4) is 0 Å². The first-order valence-electron chi connectivity index (χ1n) is 7.40. The Morgan fingerprint density at radius 3 is 2.67 bits per heavy atom. The van der Waals surface area contributed by atoms with Crippen molar-refractivity contribution in [2.45, 2.75) is 40.0 Å². The highest BCUT2D eigenvalue weighted by molar-refractivity contribution is 9.10. The molecule has 0 spiro atoms. The van der Waals surface area contributed by atoms with Gasteiger partial charge in [0.05, 0.1) is 5.56 Å². The van der Waals surface area contributed by atoms with Crippen molar-refractivity contribution in [3.63, 3.8) is 0 Å². The summed E-state index contributed by atoms with van der Waals surface area (Å²) in [5.41, 5.74) is 7.93. The lowest BCUT2D eigenvalue weighted by Gasteiger charge is -2.35. The molecule has 0 radical (unpaired) electrons. The summed E-state index contributed by atoms with van der Waals surface area (Å²) in [5, 5.41) is 0. The number of amides is 1. The van der Waals surface area contributed by atoms with Gasteiger partial charge in [-0.05, 0) is 52.7 Å². The highest BCUT2D eigenvalue weighted by atomic mass is 79.9. The van der Waals surface area contributed by atoms with Gasteiger partial charge < -0.3 is 5.43 Å². The summed E-state index contributed by atoms with van der Waals surface area (Å²) in [6, 6.07) is 7.43. The fourth-order valence-corrected chi connectivity index (χ4v) is 3.22. The van der Waals surface area contributed by atoms with Gasteiger partial charge in [0.2, 0.25) is 0 Å². The third-order valence-electron chi connectivity index (χ3n) is 3.92. The number of hydrogen-bond donors (Lipinski definition) is 2. The Labute approximate surface area is 135 Å². The number of rotatable bonds is 3. The van der Waals surface area contributed by atoms with Crippen LogP contribution in [0.5, 0.6) is 0 Å². The number of hydrazine groups is 1. The maximum absolute atomic E-state index is 12.2. The van der Waals surface area contributed by atoms with Crippen LogP contribution >= 0.6 is 15.9 Å². The third-order valence-corrected chi connectivity index (χ3v) is 4.61. The molecule has 2 N–H and O–H groups in total. The molecule has 0 heterocycles. The maximum Gasteiger partial charge on any atom is 0.270 e. The lowest BCUT2D eigenvalue weighted by molar-refractivity contribution is 0.0931. The normalized spacial score (nSPS) is 18.9. The summed E-state index contributed by atoms with van der Waals surface area (Å²) in [6.07, 6.45) is 5.65. The minimum atomic E-state index is -0.124. The molecule has 0 saturated heterocycles. The van der Waals surface area contributed by atoms with Crippen LogP contribution in [0.25, 0.3) is 0 Å². The molecule has 1 amide bonds. The van der Waals surface area contributed by atoms with Gasteiger partial charge in [0, 0.05) is 16.1 Å². The van der Waals surface area contributed by atoms with E-state index < -0.39 is 0 Å². The van der Waals surface area contributed by atoms with E-state index >= 15 is 0 Å². The maximum atomic E-state index is 12.2. The summed E-state index contributed by atoms with van der Waals surface area (Å²) < 4.78 is 0.800. The Balaban J connectivity index is 2.03. The fourth-order valence-electron chi connectivity index (χ4n) is 2.76. The van der Waals surface area contributed by atoms with Crippen LogP contribution < -0.4 is 10.9 Å². The van der Waals surface area contributed by atoms with E-state index in [9.17, 15) is 4.79 Å². The van der Waals surface area contributed by atoms with E-state index in [-0.39, 0.29) is 11.3 Å². The van der Waals surface area contributed by atoms with E-state index in [0.717, 1.165) is 23.0 Å². The molecule has 21 heavy (non-hydrogen) atoms. The van der Waals surface area contributed by atoms with Crippen LogP contribution in [0.15, 0.2) is 40.5 Å². The molecule has 2 rings (SSSR count). The molecule has 0 aromatic heterocycles. The fraction of sp³-hybridized carbons (Fsp3) is 0.471. The molecule has 0 fully saturated rings. The van der Waals surface area contributed by atoms with Crippen molar-refractivity contribution in [2.24, 2.45) is 11.3 Å². The molecule has 0 unspecified atom stereocenters. The van der Waals surface area contributed by atoms with Crippen LogP contribution in [0.1, 0.15) is 50.4 Å². The Kier molecular flexibility index (Phi) is 5.09. The second-order valence-electron chi connectivity index (χ2n) is 6.57. The number of carbonyl (C=O) groups excluding carboxylic acids is 1. The van der Waals surface area contributed by atoms with E-state index in [2.05, 4.69) is 53.6 Å². The quantitative estimate of drug-likeness (QED) is 0.792. The lowest BCUT2D eigenvalue weighted by atomic mass is 9.74. The van der Waals surface area contributed by atoms with E-state index in [0.29, 0.717) is 11.5 Å². The van der Waals surface area contributed by atoms with Crippen LogP contribution in [0, 0.1) is 11.3 Å². The third kappa shape index (κ3) is 4.10. The molecular formula is C17H23BrN2O. The Bertz CT molecular complexity index is 546. The number of benzene rings is 1. The van der Waals surface area contributed by atoms with Crippen molar-refractivity contribution < 1.29 is 4.79 Å². The molecule has 4 heteroatoms. The first-order chi connectivity index (χ1) is 9.89. The topological polar surface area (TPSA) is 41.1 Å². The molecule has 0 saturated carbocycles. The van der Waals surface area contributed by atoms with Crippen LogP contribution in [-0.2, 0) is 0 Å². The van der Waals surface area contributed by atoms with Crippen LogP contribution in [0.2, 0.25) is 0 Å². The molecule has 1 aromatic rings.